The topological polar surface area (TPSA) is 59.0 Å². The van der Waals surface area contributed by atoms with E-state index < -0.39 is 10.2 Å². The van der Waals surface area contributed by atoms with E-state index in [0.29, 0.717) is 28.8 Å². The number of hydrogen-bond acceptors (Lipinski definition) is 3. The van der Waals surface area contributed by atoms with Crippen molar-refractivity contribution in [3.63, 3.8) is 0 Å². The highest BCUT2D eigenvalue weighted by Gasteiger charge is 2.32. The molecule has 1 aliphatic heterocycles. The molecular formula is C21H23ClN2O3S. The van der Waals surface area contributed by atoms with Gasteiger partial charge in [0.2, 0.25) is 5.90 Å². The van der Waals surface area contributed by atoms with Gasteiger partial charge >= 0.3 is 10.2 Å². The molecule has 4 rings (SSSR count). The number of para-hydroxylation sites is 1. The number of nitrogens with zero attached hydrogens (tertiary/aromatic N) is 2. The molecule has 0 aromatic heterocycles. The van der Waals surface area contributed by atoms with Crippen molar-refractivity contribution in [2.75, 3.05) is 10.9 Å². The SMILES string of the molecule is O=S1(=O)N=C(OCC2CCCCC2)c2ccccc2N1Cc1ccc(Cl)cc1. The van der Waals surface area contributed by atoms with Crippen LogP contribution in [0.15, 0.2) is 52.9 Å². The molecule has 2 aromatic rings. The van der Waals surface area contributed by atoms with Gasteiger partial charge in [0.15, 0.2) is 0 Å². The average molecular weight is 419 g/mol. The normalized spacial score (nSPS) is 19.0. The Bertz CT molecular complexity index is 967. The van der Waals surface area contributed by atoms with Crippen LogP contribution in [0, 0.1) is 5.92 Å². The molecule has 1 heterocycles. The van der Waals surface area contributed by atoms with Crippen LogP contribution in [-0.4, -0.2) is 20.9 Å². The maximum absolute atomic E-state index is 12.9. The lowest BCUT2D eigenvalue weighted by Gasteiger charge is -2.29. The van der Waals surface area contributed by atoms with E-state index in [1.54, 1.807) is 18.2 Å². The molecule has 28 heavy (non-hydrogen) atoms. The molecule has 0 amide bonds. The Kier molecular flexibility index (Phi) is 5.60. The van der Waals surface area contributed by atoms with Gasteiger partial charge in [0, 0.05) is 5.02 Å². The molecule has 2 aromatic carbocycles. The van der Waals surface area contributed by atoms with Crippen LogP contribution in [0.1, 0.15) is 43.2 Å². The van der Waals surface area contributed by atoms with E-state index in [9.17, 15) is 8.42 Å². The largest absolute Gasteiger partial charge is 0.476 e. The summed E-state index contributed by atoms with van der Waals surface area (Å²) in [7, 11) is -3.88. The highest BCUT2D eigenvalue weighted by atomic mass is 35.5. The summed E-state index contributed by atoms with van der Waals surface area (Å²) >= 11 is 5.94. The first-order chi connectivity index (χ1) is 13.5. The van der Waals surface area contributed by atoms with Gasteiger partial charge in [-0.05, 0) is 48.6 Å². The summed E-state index contributed by atoms with van der Waals surface area (Å²) in [4.78, 5) is 0. The summed E-state index contributed by atoms with van der Waals surface area (Å²) in [6.07, 6.45) is 5.96. The van der Waals surface area contributed by atoms with Gasteiger partial charge < -0.3 is 4.74 Å². The summed E-state index contributed by atoms with van der Waals surface area (Å²) < 4.78 is 37.1. The Morgan fingerprint density at radius 3 is 2.50 bits per heavy atom. The Morgan fingerprint density at radius 2 is 1.75 bits per heavy atom. The molecule has 0 N–H and O–H groups in total. The van der Waals surface area contributed by atoms with Crippen LogP contribution < -0.4 is 4.31 Å². The fourth-order valence-electron chi connectivity index (χ4n) is 3.78. The molecule has 0 bridgehead atoms. The molecule has 7 heteroatoms. The molecular weight excluding hydrogens is 396 g/mol. The van der Waals surface area contributed by atoms with E-state index in [-0.39, 0.29) is 12.4 Å². The summed E-state index contributed by atoms with van der Waals surface area (Å²) in [5, 5.41) is 0.613. The zero-order valence-electron chi connectivity index (χ0n) is 15.6. The number of halogens is 1. The maximum atomic E-state index is 12.9. The molecule has 0 unspecified atom stereocenters. The zero-order chi connectivity index (χ0) is 19.6. The van der Waals surface area contributed by atoms with Crippen molar-refractivity contribution in [2.45, 2.75) is 38.6 Å². The summed E-state index contributed by atoms with van der Waals surface area (Å²) in [5.41, 5.74) is 2.14. The third-order valence-corrected chi connectivity index (χ3v) is 6.83. The number of anilines is 1. The van der Waals surface area contributed by atoms with Crippen LogP contribution in [0.5, 0.6) is 0 Å². The van der Waals surface area contributed by atoms with E-state index in [0.717, 1.165) is 18.4 Å². The first-order valence-corrected chi connectivity index (χ1v) is 11.4. The predicted octanol–water partition coefficient (Wildman–Crippen LogP) is 4.95. The summed E-state index contributed by atoms with van der Waals surface area (Å²) in [5.74, 6) is 0.673. The van der Waals surface area contributed by atoms with E-state index in [4.69, 9.17) is 16.3 Å². The quantitative estimate of drug-likeness (QED) is 0.705. The van der Waals surface area contributed by atoms with E-state index in [1.165, 1.54) is 23.6 Å². The van der Waals surface area contributed by atoms with Gasteiger partial charge in [0.1, 0.15) is 0 Å². The number of hydrogen-bond donors (Lipinski definition) is 0. The van der Waals surface area contributed by atoms with Crippen LogP contribution in [0.25, 0.3) is 0 Å². The fourth-order valence-corrected chi connectivity index (χ4v) is 5.08. The molecule has 0 spiro atoms. The smallest absolute Gasteiger partial charge is 0.348 e. The summed E-state index contributed by atoms with van der Waals surface area (Å²) in [6, 6.07) is 14.5. The van der Waals surface area contributed by atoms with Crippen LogP contribution in [0.2, 0.25) is 5.02 Å². The van der Waals surface area contributed by atoms with Crippen molar-refractivity contribution in [1.29, 1.82) is 0 Å². The van der Waals surface area contributed by atoms with E-state index in [2.05, 4.69) is 4.40 Å². The number of rotatable bonds is 4. The first-order valence-electron chi connectivity index (χ1n) is 9.62. The molecule has 1 saturated carbocycles. The van der Waals surface area contributed by atoms with Gasteiger partial charge in [-0.25, -0.2) is 4.31 Å². The minimum absolute atomic E-state index is 0.190. The first kappa shape index (κ1) is 19.3. The van der Waals surface area contributed by atoms with Crippen molar-refractivity contribution in [3.8, 4) is 0 Å². The molecule has 2 aliphatic rings. The van der Waals surface area contributed by atoms with Gasteiger partial charge in [-0.2, -0.15) is 8.42 Å². The number of benzene rings is 2. The molecule has 148 valence electrons. The van der Waals surface area contributed by atoms with Gasteiger partial charge in [-0.3, -0.25) is 0 Å². The standard InChI is InChI=1S/C21H23ClN2O3S/c22-18-12-10-16(11-13-18)14-24-20-9-5-4-8-19(20)21(23-28(24,25)26)27-15-17-6-2-1-3-7-17/h4-5,8-13,17H,1-3,6-7,14-15H2. The molecule has 5 nitrogen and oxygen atoms in total. The lowest BCUT2D eigenvalue weighted by molar-refractivity contribution is 0.200. The Labute approximate surface area is 171 Å². The zero-order valence-corrected chi connectivity index (χ0v) is 17.1. The second-order valence-electron chi connectivity index (χ2n) is 7.34. The third kappa shape index (κ3) is 4.18. The molecule has 0 radical (unpaired) electrons. The summed E-state index contributed by atoms with van der Waals surface area (Å²) in [6.45, 7) is 0.704. The third-order valence-electron chi connectivity index (χ3n) is 5.30. The Balaban J connectivity index is 1.60. The predicted molar refractivity (Wildman–Crippen MR) is 112 cm³/mol. The van der Waals surface area contributed by atoms with Gasteiger partial charge in [-0.15, -0.1) is 4.40 Å². The highest BCUT2D eigenvalue weighted by Crippen LogP contribution is 2.32. The minimum atomic E-state index is -3.88. The molecule has 0 saturated heterocycles. The van der Waals surface area contributed by atoms with Crippen LogP contribution in [0.3, 0.4) is 0 Å². The number of ether oxygens (including phenoxy) is 1. The second kappa shape index (κ2) is 8.13. The minimum Gasteiger partial charge on any atom is -0.476 e. The highest BCUT2D eigenvalue weighted by molar-refractivity contribution is 7.91. The molecule has 1 fully saturated rings. The van der Waals surface area contributed by atoms with Crippen molar-refractivity contribution < 1.29 is 13.2 Å². The fraction of sp³-hybridized carbons (Fsp3) is 0.381. The average Bonchev–Trinajstić information content (AvgIpc) is 2.71. The van der Waals surface area contributed by atoms with Crippen LogP contribution >= 0.6 is 11.6 Å². The Morgan fingerprint density at radius 1 is 1.04 bits per heavy atom. The van der Waals surface area contributed by atoms with E-state index in [1.807, 2.05) is 30.3 Å². The van der Waals surface area contributed by atoms with Gasteiger partial charge in [-0.1, -0.05) is 55.1 Å². The van der Waals surface area contributed by atoms with Crippen molar-refractivity contribution in [3.05, 3.63) is 64.7 Å². The van der Waals surface area contributed by atoms with Crippen LogP contribution in [0.4, 0.5) is 5.69 Å². The number of fused-ring (bicyclic) bond motifs is 1. The van der Waals surface area contributed by atoms with Crippen molar-refractivity contribution in [1.82, 2.24) is 0 Å². The molecule has 0 atom stereocenters. The van der Waals surface area contributed by atoms with Gasteiger partial charge in [0.05, 0.1) is 24.4 Å². The van der Waals surface area contributed by atoms with Crippen molar-refractivity contribution >= 4 is 33.4 Å². The van der Waals surface area contributed by atoms with Crippen LogP contribution in [-0.2, 0) is 21.5 Å². The van der Waals surface area contributed by atoms with Gasteiger partial charge in [0.25, 0.3) is 0 Å². The molecule has 1 aliphatic carbocycles. The second-order valence-corrected chi connectivity index (χ2v) is 9.29. The lowest BCUT2D eigenvalue weighted by atomic mass is 9.90. The Hall–Kier alpha value is -2.05. The maximum Gasteiger partial charge on any atom is 0.348 e. The van der Waals surface area contributed by atoms with Crippen molar-refractivity contribution in [2.24, 2.45) is 10.3 Å². The lowest BCUT2D eigenvalue weighted by Crippen LogP contribution is -2.35. The van der Waals surface area contributed by atoms with E-state index >= 15 is 0 Å². The monoisotopic (exact) mass is 418 g/mol.